The van der Waals surface area contributed by atoms with Crippen LogP contribution in [0.5, 0.6) is 0 Å². The highest BCUT2D eigenvalue weighted by molar-refractivity contribution is 6.31. The van der Waals surface area contributed by atoms with Crippen molar-refractivity contribution in [3.8, 4) is 0 Å². The fourth-order valence-electron chi connectivity index (χ4n) is 2.95. The standard InChI is InChI=1S/C22H29ClN4O2/c1-5-8-15-27-21(23)19(16(4)25-27)13-14-20(28)24-18-11-9-17(10-12-18)22(29)26(6-2)7-3/h9-14H,5-8,15H2,1-4H3,(H,24,28)/b14-13+. The number of halogens is 1. The Hall–Kier alpha value is -2.60. The molecular weight excluding hydrogens is 388 g/mol. The van der Waals surface area contributed by atoms with Crippen molar-refractivity contribution in [3.05, 3.63) is 52.3 Å². The molecule has 0 saturated heterocycles. The van der Waals surface area contributed by atoms with Crippen molar-refractivity contribution in [2.45, 2.75) is 47.1 Å². The first-order valence-corrected chi connectivity index (χ1v) is 10.4. The molecule has 0 aliphatic heterocycles. The van der Waals surface area contributed by atoms with E-state index in [1.165, 1.54) is 6.08 Å². The van der Waals surface area contributed by atoms with Crippen molar-refractivity contribution in [1.82, 2.24) is 14.7 Å². The monoisotopic (exact) mass is 416 g/mol. The van der Waals surface area contributed by atoms with E-state index in [1.54, 1.807) is 39.9 Å². The van der Waals surface area contributed by atoms with Crippen LogP contribution in [0.2, 0.25) is 5.15 Å². The lowest BCUT2D eigenvalue weighted by molar-refractivity contribution is -0.111. The van der Waals surface area contributed by atoms with Crippen LogP contribution in [0.4, 0.5) is 5.69 Å². The lowest BCUT2D eigenvalue weighted by Gasteiger charge is -2.18. The Morgan fingerprint density at radius 2 is 1.83 bits per heavy atom. The Bertz CT molecular complexity index is 868. The van der Waals surface area contributed by atoms with Gasteiger partial charge in [0.25, 0.3) is 5.91 Å². The summed E-state index contributed by atoms with van der Waals surface area (Å²) >= 11 is 6.39. The second-order valence-electron chi connectivity index (χ2n) is 6.74. The van der Waals surface area contributed by atoms with E-state index in [1.807, 2.05) is 20.8 Å². The molecule has 29 heavy (non-hydrogen) atoms. The Morgan fingerprint density at radius 3 is 2.41 bits per heavy atom. The molecule has 0 aliphatic carbocycles. The van der Waals surface area contributed by atoms with Crippen LogP contribution in [0, 0.1) is 6.92 Å². The van der Waals surface area contributed by atoms with E-state index in [2.05, 4.69) is 17.3 Å². The topological polar surface area (TPSA) is 67.2 Å². The molecule has 2 aromatic rings. The zero-order valence-electron chi connectivity index (χ0n) is 17.5. The Morgan fingerprint density at radius 1 is 1.17 bits per heavy atom. The van der Waals surface area contributed by atoms with Gasteiger partial charge in [-0.15, -0.1) is 0 Å². The molecular formula is C22H29ClN4O2. The van der Waals surface area contributed by atoms with Gasteiger partial charge in [0.2, 0.25) is 5.91 Å². The minimum Gasteiger partial charge on any atom is -0.339 e. The van der Waals surface area contributed by atoms with E-state index in [9.17, 15) is 9.59 Å². The first-order chi connectivity index (χ1) is 13.9. The SMILES string of the molecule is CCCCn1nc(C)c(/C=C/C(=O)Nc2ccc(C(=O)N(CC)CC)cc2)c1Cl. The minimum absolute atomic E-state index is 0.0158. The van der Waals surface area contributed by atoms with Gasteiger partial charge >= 0.3 is 0 Å². The van der Waals surface area contributed by atoms with Crippen molar-refractivity contribution in [3.63, 3.8) is 0 Å². The number of nitrogens with one attached hydrogen (secondary N) is 1. The van der Waals surface area contributed by atoms with Gasteiger partial charge in [0.05, 0.1) is 5.69 Å². The van der Waals surface area contributed by atoms with Crippen LogP contribution in [0.1, 0.15) is 55.2 Å². The summed E-state index contributed by atoms with van der Waals surface area (Å²) in [6.45, 7) is 9.96. The van der Waals surface area contributed by atoms with Crippen LogP contribution in [0.3, 0.4) is 0 Å². The van der Waals surface area contributed by atoms with Crippen LogP contribution in [0.15, 0.2) is 30.3 Å². The molecule has 0 fully saturated rings. The molecule has 1 N–H and O–H groups in total. The third-order valence-electron chi connectivity index (χ3n) is 4.68. The van der Waals surface area contributed by atoms with Crippen molar-refractivity contribution >= 4 is 35.2 Å². The summed E-state index contributed by atoms with van der Waals surface area (Å²) < 4.78 is 1.77. The van der Waals surface area contributed by atoms with Gasteiger partial charge in [-0.05, 0) is 57.5 Å². The minimum atomic E-state index is -0.274. The number of nitrogens with zero attached hydrogens (tertiary/aromatic N) is 3. The molecule has 1 heterocycles. The van der Waals surface area contributed by atoms with Crippen molar-refractivity contribution in [1.29, 1.82) is 0 Å². The van der Waals surface area contributed by atoms with Crippen LogP contribution in [0.25, 0.3) is 6.08 Å². The molecule has 0 bridgehead atoms. The predicted molar refractivity (Wildman–Crippen MR) is 118 cm³/mol. The summed E-state index contributed by atoms with van der Waals surface area (Å²) in [6.07, 6.45) is 5.18. The number of anilines is 1. The normalized spacial score (nSPS) is 11.1. The number of hydrogen-bond acceptors (Lipinski definition) is 3. The van der Waals surface area contributed by atoms with Gasteiger partial charge < -0.3 is 10.2 Å². The highest BCUT2D eigenvalue weighted by Crippen LogP contribution is 2.22. The number of hydrogen-bond donors (Lipinski definition) is 1. The number of unbranched alkanes of at least 4 members (excludes halogenated alkanes) is 1. The molecule has 156 valence electrons. The fourth-order valence-corrected chi connectivity index (χ4v) is 3.27. The Labute approximate surface area is 177 Å². The van der Waals surface area contributed by atoms with Gasteiger partial charge in [-0.25, -0.2) is 0 Å². The molecule has 1 aromatic heterocycles. The third kappa shape index (κ3) is 5.94. The van der Waals surface area contributed by atoms with Gasteiger partial charge in [0, 0.05) is 42.5 Å². The average Bonchev–Trinajstić information content (AvgIpc) is 2.99. The maximum absolute atomic E-state index is 12.3. The van der Waals surface area contributed by atoms with Crippen LogP contribution >= 0.6 is 11.6 Å². The molecule has 0 radical (unpaired) electrons. The van der Waals surface area contributed by atoms with Crippen LogP contribution in [-0.2, 0) is 11.3 Å². The zero-order chi connectivity index (χ0) is 21.4. The molecule has 0 unspecified atom stereocenters. The first kappa shape index (κ1) is 22.7. The van der Waals surface area contributed by atoms with Gasteiger partial charge in [-0.2, -0.15) is 5.10 Å². The molecule has 1 aromatic carbocycles. The molecule has 2 amide bonds. The van der Waals surface area contributed by atoms with Crippen molar-refractivity contribution in [2.75, 3.05) is 18.4 Å². The molecule has 2 rings (SSSR count). The first-order valence-electron chi connectivity index (χ1n) is 10.0. The number of amides is 2. The van der Waals surface area contributed by atoms with Gasteiger partial charge in [-0.1, -0.05) is 24.9 Å². The number of carbonyl (C=O) groups excluding carboxylic acids is 2. The molecule has 0 aliphatic rings. The second kappa shape index (κ2) is 10.8. The lowest BCUT2D eigenvalue weighted by Crippen LogP contribution is -2.30. The molecule has 0 saturated carbocycles. The largest absolute Gasteiger partial charge is 0.339 e. The van der Waals surface area contributed by atoms with E-state index in [0.717, 1.165) is 30.6 Å². The number of aromatic nitrogens is 2. The number of carbonyl (C=O) groups is 2. The van der Waals surface area contributed by atoms with Crippen molar-refractivity contribution < 1.29 is 9.59 Å². The summed E-state index contributed by atoms with van der Waals surface area (Å²) in [4.78, 5) is 26.4. The van der Waals surface area contributed by atoms with Crippen LogP contribution in [-0.4, -0.2) is 39.6 Å². The summed E-state index contributed by atoms with van der Waals surface area (Å²) in [5.74, 6) is -0.289. The summed E-state index contributed by atoms with van der Waals surface area (Å²) in [5.41, 5.74) is 2.76. The molecule has 0 spiro atoms. The maximum Gasteiger partial charge on any atom is 0.253 e. The van der Waals surface area contributed by atoms with Crippen LogP contribution < -0.4 is 5.32 Å². The van der Waals surface area contributed by atoms with E-state index >= 15 is 0 Å². The molecule has 7 heteroatoms. The third-order valence-corrected chi connectivity index (χ3v) is 5.08. The second-order valence-corrected chi connectivity index (χ2v) is 7.10. The smallest absolute Gasteiger partial charge is 0.253 e. The summed E-state index contributed by atoms with van der Waals surface area (Å²) in [5, 5.41) is 7.77. The van der Waals surface area contributed by atoms with Gasteiger partial charge in [0.1, 0.15) is 5.15 Å². The van der Waals surface area contributed by atoms with Gasteiger partial charge in [-0.3, -0.25) is 14.3 Å². The predicted octanol–water partition coefficient (Wildman–Crippen LogP) is 4.78. The average molecular weight is 417 g/mol. The van der Waals surface area contributed by atoms with Gasteiger partial charge in [0.15, 0.2) is 0 Å². The maximum atomic E-state index is 12.3. The number of aryl methyl sites for hydroxylation is 2. The van der Waals surface area contributed by atoms with E-state index in [0.29, 0.717) is 29.5 Å². The summed E-state index contributed by atoms with van der Waals surface area (Å²) in [7, 11) is 0. The van der Waals surface area contributed by atoms with E-state index < -0.39 is 0 Å². The fraction of sp³-hybridized carbons (Fsp3) is 0.409. The van der Waals surface area contributed by atoms with Crippen molar-refractivity contribution in [2.24, 2.45) is 0 Å². The number of benzene rings is 1. The quantitative estimate of drug-likeness (QED) is 0.598. The number of rotatable bonds is 9. The lowest BCUT2D eigenvalue weighted by atomic mass is 10.1. The van der Waals surface area contributed by atoms with E-state index in [4.69, 9.17) is 11.6 Å². The summed E-state index contributed by atoms with van der Waals surface area (Å²) in [6, 6.07) is 6.89. The highest BCUT2D eigenvalue weighted by atomic mass is 35.5. The Kier molecular flexibility index (Phi) is 8.46. The molecule has 0 atom stereocenters. The zero-order valence-corrected chi connectivity index (χ0v) is 18.3. The highest BCUT2D eigenvalue weighted by Gasteiger charge is 2.13. The van der Waals surface area contributed by atoms with E-state index in [-0.39, 0.29) is 11.8 Å². The molecule has 6 nitrogen and oxygen atoms in total. The Balaban J connectivity index is 2.02.